The second-order valence-electron chi connectivity index (χ2n) is 5.59. The van der Waals surface area contributed by atoms with Crippen LogP contribution in [0.25, 0.3) is 0 Å². The molecule has 2 aromatic rings. The lowest BCUT2D eigenvalue weighted by atomic mass is 10.0. The molecule has 3 rings (SSSR count). The van der Waals surface area contributed by atoms with Crippen molar-refractivity contribution in [2.24, 2.45) is 0 Å². The number of benzene rings is 1. The summed E-state index contributed by atoms with van der Waals surface area (Å²) in [6.45, 7) is 1.35. The Kier molecular flexibility index (Phi) is 5.94. The maximum absolute atomic E-state index is 12.7. The lowest BCUT2D eigenvalue weighted by Crippen LogP contribution is -2.46. The molecule has 1 atom stereocenters. The van der Waals surface area contributed by atoms with Crippen LogP contribution in [-0.4, -0.2) is 33.0 Å². The van der Waals surface area contributed by atoms with Gasteiger partial charge in [0.25, 0.3) is 0 Å². The summed E-state index contributed by atoms with van der Waals surface area (Å²) in [7, 11) is 0. The van der Waals surface area contributed by atoms with E-state index in [4.69, 9.17) is 34.8 Å². The minimum atomic E-state index is -0.231. The van der Waals surface area contributed by atoms with Gasteiger partial charge in [-0.15, -0.1) is 5.10 Å². The van der Waals surface area contributed by atoms with E-state index in [9.17, 15) is 4.79 Å². The number of carbonyl (C=O) groups is 1. The molecule has 0 unspecified atom stereocenters. The Morgan fingerprint density at radius 1 is 1.29 bits per heavy atom. The summed E-state index contributed by atoms with van der Waals surface area (Å²) in [5.41, 5.74) is 1.35. The Balaban J connectivity index is 1.71. The Bertz CT molecular complexity index is 739. The van der Waals surface area contributed by atoms with Gasteiger partial charge in [-0.2, -0.15) is 0 Å². The van der Waals surface area contributed by atoms with Crippen molar-refractivity contribution in [1.82, 2.24) is 14.5 Å². The van der Waals surface area contributed by atoms with Crippen molar-refractivity contribution in [2.45, 2.75) is 31.8 Å². The van der Waals surface area contributed by atoms with Gasteiger partial charge in [-0.3, -0.25) is 9.69 Å². The molecule has 2 heterocycles. The van der Waals surface area contributed by atoms with E-state index >= 15 is 0 Å². The summed E-state index contributed by atoms with van der Waals surface area (Å²) in [4.78, 5) is 14.8. The predicted octanol–water partition coefficient (Wildman–Crippen LogP) is 4.49. The van der Waals surface area contributed by atoms with Crippen LogP contribution in [0.2, 0.25) is 14.4 Å². The molecule has 128 valence electrons. The summed E-state index contributed by atoms with van der Waals surface area (Å²) in [6.07, 6.45) is 2.85. The highest BCUT2D eigenvalue weighted by Crippen LogP contribution is 2.27. The number of aromatic nitrogens is 2. The first-order valence-electron chi connectivity index (χ1n) is 7.51. The van der Waals surface area contributed by atoms with Gasteiger partial charge in [0.15, 0.2) is 0 Å². The highest BCUT2D eigenvalue weighted by atomic mass is 35.5. The number of amides is 1. The van der Waals surface area contributed by atoms with Crippen molar-refractivity contribution < 1.29 is 4.79 Å². The third-order valence-electron chi connectivity index (χ3n) is 3.97. The van der Waals surface area contributed by atoms with E-state index in [0.29, 0.717) is 26.6 Å². The summed E-state index contributed by atoms with van der Waals surface area (Å²) in [5.74, 6) is -0.0626. The highest BCUT2D eigenvalue weighted by molar-refractivity contribution is 7.10. The first-order chi connectivity index (χ1) is 11.5. The zero-order valence-electron chi connectivity index (χ0n) is 12.6. The summed E-state index contributed by atoms with van der Waals surface area (Å²) in [6, 6.07) is 4.82. The van der Waals surface area contributed by atoms with E-state index in [-0.39, 0.29) is 11.9 Å². The molecule has 0 aliphatic carbocycles. The van der Waals surface area contributed by atoms with Gasteiger partial charge in [-0.05, 0) is 37.6 Å². The molecule has 1 aromatic heterocycles. The molecule has 0 bridgehead atoms. The molecule has 1 amide bonds. The zero-order chi connectivity index (χ0) is 17.1. The lowest BCUT2D eigenvalue weighted by Gasteiger charge is -2.34. The summed E-state index contributed by atoms with van der Waals surface area (Å²) >= 11 is 19.2. The van der Waals surface area contributed by atoms with Gasteiger partial charge in [0.1, 0.15) is 10.0 Å². The van der Waals surface area contributed by atoms with Crippen LogP contribution >= 0.6 is 46.3 Å². The van der Waals surface area contributed by atoms with Gasteiger partial charge < -0.3 is 5.32 Å². The Morgan fingerprint density at radius 2 is 2.12 bits per heavy atom. The molecule has 1 aromatic carbocycles. The lowest BCUT2D eigenvalue weighted by molar-refractivity contribution is -0.122. The number of nitrogens with one attached hydrogen (secondary N) is 1. The number of rotatable bonds is 4. The van der Waals surface area contributed by atoms with E-state index in [1.807, 2.05) is 0 Å². The average molecular weight is 406 g/mol. The van der Waals surface area contributed by atoms with Gasteiger partial charge in [-0.1, -0.05) is 45.7 Å². The first-order valence-corrected chi connectivity index (χ1v) is 9.42. The Labute approximate surface area is 159 Å². The number of nitrogens with zero attached hydrogens (tertiary/aromatic N) is 3. The summed E-state index contributed by atoms with van der Waals surface area (Å²) in [5, 5.41) is 7.82. The largest absolute Gasteiger partial charge is 0.325 e. The smallest absolute Gasteiger partial charge is 0.241 e. The molecule has 1 saturated heterocycles. The molecule has 5 nitrogen and oxygen atoms in total. The number of likely N-dealkylation sites (tertiary alicyclic amines) is 1. The van der Waals surface area contributed by atoms with Gasteiger partial charge in [0, 0.05) is 23.8 Å². The molecular weight excluding hydrogens is 391 g/mol. The van der Waals surface area contributed by atoms with Gasteiger partial charge >= 0.3 is 0 Å². The molecular formula is C15H15Cl3N4OS. The van der Waals surface area contributed by atoms with Crippen molar-refractivity contribution in [2.75, 3.05) is 11.9 Å². The van der Waals surface area contributed by atoms with Crippen LogP contribution in [0, 0.1) is 0 Å². The van der Waals surface area contributed by atoms with Crippen LogP contribution < -0.4 is 5.32 Å². The summed E-state index contributed by atoms with van der Waals surface area (Å²) < 4.78 is 4.42. The minimum absolute atomic E-state index is 0.0626. The van der Waals surface area contributed by atoms with E-state index in [1.54, 1.807) is 18.2 Å². The maximum atomic E-state index is 12.7. The van der Waals surface area contributed by atoms with Crippen LogP contribution in [0.3, 0.4) is 0 Å². The Morgan fingerprint density at radius 3 is 2.83 bits per heavy atom. The number of anilines is 1. The van der Waals surface area contributed by atoms with Crippen molar-refractivity contribution >= 4 is 57.9 Å². The third kappa shape index (κ3) is 4.18. The molecule has 9 heteroatoms. The first kappa shape index (κ1) is 17.9. The number of hydrogen-bond acceptors (Lipinski definition) is 5. The fourth-order valence-corrected chi connectivity index (χ4v) is 3.67. The van der Waals surface area contributed by atoms with Crippen molar-refractivity contribution in [3.8, 4) is 0 Å². The van der Waals surface area contributed by atoms with E-state index in [1.165, 1.54) is 0 Å². The zero-order valence-corrected chi connectivity index (χ0v) is 15.7. The number of halogens is 3. The SMILES string of the molecule is O=C(Nc1ccc(Cl)c(Cl)c1)[C@H]1CCCCN1Cc1nnsc1Cl. The van der Waals surface area contributed by atoms with Gasteiger partial charge in [0.05, 0.1) is 16.1 Å². The van der Waals surface area contributed by atoms with Crippen molar-refractivity contribution in [3.63, 3.8) is 0 Å². The van der Waals surface area contributed by atoms with Gasteiger partial charge in [0.2, 0.25) is 5.91 Å². The average Bonchev–Trinajstić information content (AvgIpc) is 2.96. The third-order valence-corrected chi connectivity index (χ3v) is 5.69. The fraction of sp³-hybridized carbons (Fsp3) is 0.400. The molecule has 0 spiro atoms. The normalized spacial score (nSPS) is 18.5. The second kappa shape index (κ2) is 7.97. The van der Waals surface area contributed by atoms with Gasteiger partial charge in [-0.25, -0.2) is 0 Å². The molecule has 1 aliphatic rings. The quantitative estimate of drug-likeness (QED) is 0.814. The van der Waals surface area contributed by atoms with E-state index in [2.05, 4.69) is 19.8 Å². The molecule has 1 fully saturated rings. The number of carbonyl (C=O) groups excluding carboxylic acids is 1. The van der Waals surface area contributed by atoms with Crippen LogP contribution in [0.1, 0.15) is 25.0 Å². The standard InChI is InChI=1S/C15H15Cl3N4OS/c16-10-5-4-9(7-11(10)17)19-15(23)13-3-1-2-6-22(13)8-12-14(18)24-21-20-12/h4-5,7,13H,1-3,6,8H2,(H,19,23)/t13-/m1/s1. The second-order valence-corrected chi connectivity index (χ2v) is 7.76. The van der Waals surface area contributed by atoms with Crippen LogP contribution in [0.5, 0.6) is 0 Å². The molecule has 0 radical (unpaired) electrons. The van der Waals surface area contributed by atoms with E-state index in [0.717, 1.165) is 43.0 Å². The fourth-order valence-electron chi connectivity index (χ4n) is 2.76. The van der Waals surface area contributed by atoms with E-state index < -0.39 is 0 Å². The van der Waals surface area contributed by atoms with Crippen LogP contribution in [-0.2, 0) is 11.3 Å². The Hall–Kier alpha value is -0.920. The minimum Gasteiger partial charge on any atom is -0.325 e. The van der Waals surface area contributed by atoms with Crippen LogP contribution in [0.4, 0.5) is 5.69 Å². The molecule has 24 heavy (non-hydrogen) atoms. The molecule has 0 saturated carbocycles. The number of piperidine rings is 1. The predicted molar refractivity (Wildman–Crippen MR) is 98.1 cm³/mol. The highest BCUT2D eigenvalue weighted by Gasteiger charge is 2.30. The number of hydrogen-bond donors (Lipinski definition) is 1. The molecule has 1 N–H and O–H groups in total. The maximum Gasteiger partial charge on any atom is 0.241 e. The monoisotopic (exact) mass is 404 g/mol. The molecule has 1 aliphatic heterocycles. The van der Waals surface area contributed by atoms with Crippen LogP contribution in [0.15, 0.2) is 18.2 Å². The van der Waals surface area contributed by atoms with Crippen molar-refractivity contribution in [1.29, 1.82) is 0 Å². The van der Waals surface area contributed by atoms with Crippen molar-refractivity contribution in [3.05, 3.63) is 38.3 Å². The topological polar surface area (TPSA) is 58.1 Å².